The number of nitro groups is 1. The van der Waals surface area contributed by atoms with Gasteiger partial charge in [0.2, 0.25) is 5.78 Å². The van der Waals surface area contributed by atoms with Gasteiger partial charge in [0.05, 0.1) is 22.0 Å². The minimum absolute atomic E-state index is 0.0602. The van der Waals surface area contributed by atoms with Gasteiger partial charge in [-0.1, -0.05) is 30.9 Å². The summed E-state index contributed by atoms with van der Waals surface area (Å²) in [5.74, 6) is -2.66. The molecule has 1 aliphatic rings. The Morgan fingerprint density at radius 3 is 2.54 bits per heavy atom. The van der Waals surface area contributed by atoms with Crippen molar-refractivity contribution in [2.24, 2.45) is 5.92 Å². The number of hydrogen-bond donors (Lipinski definition) is 0. The summed E-state index contributed by atoms with van der Waals surface area (Å²) >= 11 is 0. The molecular weight excluding hydrogens is 379 g/mol. The molecule has 0 saturated heterocycles. The number of carbonyl (C=O) groups excluding carboxylic acids is 2. The highest BCUT2D eigenvalue weighted by atomic mass is 19.4. The first kappa shape index (κ1) is 21.2. The topological polar surface area (TPSA) is 86.5 Å². The molecule has 2 rings (SSSR count). The zero-order chi connectivity index (χ0) is 21.1. The Morgan fingerprint density at radius 1 is 1.32 bits per heavy atom. The van der Waals surface area contributed by atoms with E-state index >= 15 is 0 Å². The summed E-state index contributed by atoms with van der Waals surface area (Å²) in [5, 5.41) is 11.2. The van der Waals surface area contributed by atoms with Crippen molar-refractivity contribution in [3.63, 3.8) is 0 Å². The molecule has 0 heterocycles. The van der Waals surface area contributed by atoms with E-state index in [4.69, 9.17) is 4.74 Å². The maximum Gasteiger partial charge on any atom is 0.416 e. The Balaban J connectivity index is 2.46. The lowest BCUT2D eigenvalue weighted by atomic mass is 9.86. The van der Waals surface area contributed by atoms with Crippen LogP contribution < -0.4 is 0 Å². The molecule has 0 bridgehead atoms. The van der Waals surface area contributed by atoms with Gasteiger partial charge in [0.1, 0.15) is 0 Å². The number of Topliss-reactive ketones (excluding diaryl/α,β-unsaturated/α-hetero) is 2. The van der Waals surface area contributed by atoms with E-state index in [9.17, 15) is 32.9 Å². The summed E-state index contributed by atoms with van der Waals surface area (Å²) in [6.45, 7) is 5.17. The van der Waals surface area contributed by atoms with Crippen molar-refractivity contribution in [2.45, 2.75) is 19.2 Å². The van der Waals surface area contributed by atoms with E-state index < -0.39 is 51.5 Å². The number of allylic oxidation sites excluding steroid dienone is 5. The Hall–Kier alpha value is -3.07. The summed E-state index contributed by atoms with van der Waals surface area (Å²) in [6, 6.07) is 1.51. The summed E-state index contributed by atoms with van der Waals surface area (Å²) in [5.41, 5.74) is -2.56. The number of rotatable bonds is 7. The highest BCUT2D eigenvalue weighted by Crippen LogP contribution is 2.34. The van der Waals surface area contributed by atoms with Crippen LogP contribution in [-0.2, 0) is 15.7 Å². The Morgan fingerprint density at radius 2 is 2.00 bits per heavy atom. The van der Waals surface area contributed by atoms with Crippen molar-refractivity contribution >= 4 is 17.3 Å². The predicted octanol–water partition coefficient (Wildman–Crippen LogP) is 4.07. The molecule has 28 heavy (non-hydrogen) atoms. The van der Waals surface area contributed by atoms with E-state index in [1.165, 1.54) is 13.0 Å². The van der Waals surface area contributed by atoms with E-state index in [-0.39, 0.29) is 12.7 Å². The van der Waals surface area contributed by atoms with Crippen molar-refractivity contribution in [1.29, 1.82) is 0 Å². The minimum Gasteiger partial charge on any atom is -0.362 e. The SMILES string of the molecule is C=C1C=CC=CC1C(=O)C(OCC)C(=O)c1ccc(C(F)(F)F)cc1[N+](=O)[O-]. The van der Waals surface area contributed by atoms with Crippen molar-refractivity contribution in [2.75, 3.05) is 6.61 Å². The normalized spacial score (nSPS) is 17.4. The fourth-order valence-electron chi connectivity index (χ4n) is 2.68. The second kappa shape index (κ2) is 8.30. The van der Waals surface area contributed by atoms with Gasteiger partial charge < -0.3 is 4.74 Å². The van der Waals surface area contributed by atoms with E-state index in [2.05, 4.69) is 6.58 Å². The first-order valence-corrected chi connectivity index (χ1v) is 8.16. The first-order chi connectivity index (χ1) is 13.1. The van der Waals surface area contributed by atoms with E-state index in [1.807, 2.05) is 0 Å². The Labute approximate surface area is 158 Å². The van der Waals surface area contributed by atoms with Crippen LogP contribution in [0.3, 0.4) is 0 Å². The second-order valence-electron chi connectivity index (χ2n) is 5.89. The molecule has 9 heteroatoms. The molecular formula is C19H16F3NO5. The number of nitro benzene ring substituents is 1. The molecule has 2 unspecified atom stereocenters. The number of hydrogen-bond acceptors (Lipinski definition) is 5. The highest BCUT2D eigenvalue weighted by Gasteiger charge is 2.38. The maximum absolute atomic E-state index is 12.8. The Kier molecular flexibility index (Phi) is 6.30. The smallest absolute Gasteiger partial charge is 0.362 e. The van der Waals surface area contributed by atoms with Crippen LogP contribution in [0.25, 0.3) is 0 Å². The highest BCUT2D eigenvalue weighted by molar-refractivity contribution is 6.16. The molecule has 1 aromatic rings. The van der Waals surface area contributed by atoms with Crippen LogP contribution in [0.5, 0.6) is 0 Å². The van der Waals surface area contributed by atoms with Crippen molar-refractivity contribution < 1.29 is 32.4 Å². The molecule has 148 valence electrons. The molecule has 0 spiro atoms. The van der Waals surface area contributed by atoms with Gasteiger partial charge in [-0.15, -0.1) is 0 Å². The van der Waals surface area contributed by atoms with Gasteiger partial charge in [-0.3, -0.25) is 19.7 Å². The maximum atomic E-state index is 12.8. The van der Waals surface area contributed by atoms with Crippen LogP contribution in [0.1, 0.15) is 22.8 Å². The van der Waals surface area contributed by atoms with Crippen LogP contribution in [0.4, 0.5) is 18.9 Å². The van der Waals surface area contributed by atoms with Crippen molar-refractivity contribution in [1.82, 2.24) is 0 Å². The van der Waals surface area contributed by atoms with E-state index in [1.54, 1.807) is 18.2 Å². The third-order valence-electron chi connectivity index (χ3n) is 4.05. The molecule has 1 aliphatic carbocycles. The van der Waals surface area contributed by atoms with Crippen LogP contribution in [0, 0.1) is 16.0 Å². The summed E-state index contributed by atoms with van der Waals surface area (Å²) < 4.78 is 43.8. The summed E-state index contributed by atoms with van der Waals surface area (Å²) in [4.78, 5) is 35.7. The number of carbonyl (C=O) groups is 2. The molecule has 0 amide bonds. The molecule has 0 fully saturated rings. The van der Waals surface area contributed by atoms with Crippen LogP contribution in [0.15, 0.2) is 54.7 Å². The van der Waals surface area contributed by atoms with Crippen LogP contribution in [-0.4, -0.2) is 29.2 Å². The van der Waals surface area contributed by atoms with Gasteiger partial charge in [-0.05, 0) is 24.6 Å². The lowest BCUT2D eigenvalue weighted by Crippen LogP contribution is -2.38. The van der Waals surface area contributed by atoms with E-state index in [0.717, 1.165) is 0 Å². The monoisotopic (exact) mass is 395 g/mol. The van der Waals surface area contributed by atoms with Gasteiger partial charge >= 0.3 is 6.18 Å². The van der Waals surface area contributed by atoms with Gasteiger partial charge in [-0.2, -0.15) is 13.2 Å². The number of alkyl halides is 3. The van der Waals surface area contributed by atoms with Crippen molar-refractivity contribution in [3.8, 4) is 0 Å². The van der Waals surface area contributed by atoms with Crippen LogP contribution in [0.2, 0.25) is 0 Å². The zero-order valence-corrected chi connectivity index (χ0v) is 14.7. The summed E-state index contributed by atoms with van der Waals surface area (Å²) in [7, 11) is 0. The Bertz CT molecular complexity index is 886. The minimum atomic E-state index is -4.82. The predicted molar refractivity (Wildman–Crippen MR) is 93.8 cm³/mol. The zero-order valence-electron chi connectivity index (χ0n) is 14.7. The standard InChI is InChI=1S/C19H16F3NO5/c1-3-28-18(16(24)13-7-5-4-6-11(13)2)17(25)14-9-8-12(19(20,21)22)10-15(14)23(26)27/h4-10,13,18H,2-3H2,1H3. The molecule has 0 N–H and O–H groups in total. The van der Waals surface area contributed by atoms with Gasteiger partial charge in [0.25, 0.3) is 5.69 Å². The number of ketones is 2. The number of ether oxygens (including phenoxy) is 1. The number of benzene rings is 1. The fourth-order valence-corrected chi connectivity index (χ4v) is 2.68. The lowest BCUT2D eigenvalue weighted by Gasteiger charge is -2.21. The van der Waals surface area contributed by atoms with Gasteiger partial charge in [-0.25, -0.2) is 0 Å². The molecule has 6 nitrogen and oxygen atoms in total. The average molecular weight is 395 g/mol. The number of nitrogens with zero attached hydrogens (tertiary/aromatic N) is 1. The fraction of sp³-hybridized carbons (Fsp3) is 0.263. The summed E-state index contributed by atoms with van der Waals surface area (Å²) in [6.07, 6.45) is -0.256. The molecule has 0 aliphatic heterocycles. The number of halogens is 3. The molecule has 0 radical (unpaired) electrons. The van der Waals surface area contributed by atoms with Crippen molar-refractivity contribution in [3.05, 3.63) is 75.9 Å². The lowest BCUT2D eigenvalue weighted by molar-refractivity contribution is -0.385. The second-order valence-corrected chi connectivity index (χ2v) is 5.89. The largest absolute Gasteiger partial charge is 0.416 e. The quantitative estimate of drug-likeness (QED) is 0.301. The van der Waals surface area contributed by atoms with Crippen LogP contribution >= 0.6 is 0 Å². The third-order valence-corrected chi connectivity index (χ3v) is 4.05. The molecule has 2 atom stereocenters. The average Bonchev–Trinajstić information content (AvgIpc) is 2.64. The third kappa shape index (κ3) is 4.42. The first-order valence-electron chi connectivity index (χ1n) is 8.16. The molecule has 1 aromatic carbocycles. The van der Waals surface area contributed by atoms with Gasteiger partial charge in [0, 0.05) is 12.7 Å². The van der Waals surface area contributed by atoms with E-state index in [0.29, 0.717) is 17.7 Å². The molecule has 0 aromatic heterocycles. The van der Waals surface area contributed by atoms with Gasteiger partial charge in [0.15, 0.2) is 11.9 Å². The molecule has 0 saturated carbocycles.